The fourth-order valence-electron chi connectivity index (χ4n) is 4.30. The van der Waals surface area contributed by atoms with Crippen molar-refractivity contribution in [3.8, 4) is 11.3 Å². The number of benzene rings is 1. The van der Waals surface area contributed by atoms with Crippen molar-refractivity contribution >= 4 is 5.91 Å². The van der Waals surface area contributed by atoms with Crippen LogP contribution in [0.3, 0.4) is 0 Å². The van der Waals surface area contributed by atoms with Crippen molar-refractivity contribution in [3.05, 3.63) is 65.6 Å². The van der Waals surface area contributed by atoms with E-state index in [1.807, 2.05) is 11.1 Å². The van der Waals surface area contributed by atoms with E-state index < -0.39 is 0 Å². The zero-order chi connectivity index (χ0) is 18.5. The number of hydrogen-bond donors (Lipinski definition) is 0. The number of aromatic nitrogens is 4. The highest BCUT2D eigenvalue weighted by Gasteiger charge is 2.44. The summed E-state index contributed by atoms with van der Waals surface area (Å²) in [5, 5.41) is 4.46. The summed E-state index contributed by atoms with van der Waals surface area (Å²) in [7, 11) is 1.77. The summed E-state index contributed by atoms with van der Waals surface area (Å²) >= 11 is 0. The third-order valence-electron chi connectivity index (χ3n) is 5.59. The van der Waals surface area contributed by atoms with Crippen LogP contribution in [0.25, 0.3) is 11.3 Å². The van der Waals surface area contributed by atoms with Crippen LogP contribution >= 0.6 is 0 Å². The van der Waals surface area contributed by atoms with Crippen molar-refractivity contribution in [2.24, 2.45) is 7.05 Å². The number of amides is 1. The lowest BCUT2D eigenvalue weighted by atomic mass is 9.99. The van der Waals surface area contributed by atoms with Gasteiger partial charge in [-0.1, -0.05) is 0 Å². The van der Waals surface area contributed by atoms with Crippen molar-refractivity contribution in [1.29, 1.82) is 0 Å². The van der Waals surface area contributed by atoms with E-state index in [9.17, 15) is 9.18 Å². The van der Waals surface area contributed by atoms with Crippen molar-refractivity contribution in [2.45, 2.75) is 31.3 Å². The molecule has 3 aromatic rings. The van der Waals surface area contributed by atoms with Gasteiger partial charge in [-0.25, -0.2) is 14.4 Å². The summed E-state index contributed by atoms with van der Waals surface area (Å²) in [4.78, 5) is 23.9. The predicted octanol–water partition coefficient (Wildman–Crippen LogP) is 2.92. The standard InChI is InChI=1S/C20H18FN5O/c1-25-19(9-16(24-25)12-2-4-13(21)5-3-12)20(27)26-14-6-7-18(26)15-10-22-11-23-17(15)8-14/h2-5,9-11,14,18H,6-8H2,1H3. The summed E-state index contributed by atoms with van der Waals surface area (Å²) < 4.78 is 14.8. The maximum atomic E-state index is 13.4. The molecule has 2 unspecified atom stereocenters. The second kappa shape index (κ2) is 5.97. The molecule has 0 spiro atoms. The van der Waals surface area contributed by atoms with Gasteiger partial charge in [0.1, 0.15) is 17.8 Å². The van der Waals surface area contributed by atoms with E-state index >= 15 is 0 Å². The normalized spacial score (nSPS) is 20.6. The van der Waals surface area contributed by atoms with Crippen molar-refractivity contribution in [1.82, 2.24) is 24.6 Å². The highest BCUT2D eigenvalue weighted by Crippen LogP contribution is 2.43. The molecule has 2 aliphatic heterocycles. The number of rotatable bonds is 2. The fraction of sp³-hybridized carbons (Fsp3) is 0.300. The van der Waals surface area contributed by atoms with E-state index in [2.05, 4.69) is 15.1 Å². The molecule has 0 saturated carbocycles. The molecule has 2 aromatic heterocycles. The number of fused-ring (bicyclic) bond motifs is 4. The molecule has 0 radical (unpaired) electrons. The first-order valence-corrected chi connectivity index (χ1v) is 9.03. The molecule has 136 valence electrons. The molecular formula is C20H18FN5O. The molecule has 0 aliphatic carbocycles. The summed E-state index contributed by atoms with van der Waals surface area (Å²) in [5.74, 6) is -0.322. The Morgan fingerprint density at radius 1 is 1.22 bits per heavy atom. The van der Waals surface area contributed by atoms with Gasteiger partial charge in [0.25, 0.3) is 5.91 Å². The largest absolute Gasteiger partial charge is 0.327 e. The molecule has 27 heavy (non-hydrogen) atoms. The van der Waals surface area contributed by atoms with Crippen LogP contribution in [0.5, 0.6) is 0 Å². The quantitative estimate of drug-likeness (QED) is 0.702. The monoisotopic (exact) mass is 363 g/mol. The van der Waals surface area contributed by atoms with Gasteiger partial charge < -0.3 is 4.90 Å². The summed E-state index contributed by atoms with van der Waals surface area (Å²) in [6.07, 6.45) is 6.07. The predicted molar refractivity (Wildman–Crippen MR) is 96.3 cm³/mol. The van der Waals surface area contributed by atoms with Crippen molar-refractivity contribution < 1.29 is 9.18 Å². The van der Waals surface area contributed by atoms with E-state index in [-0.39, 0.29) is 23.8 Å². The van der Waals surface area contributed by atoms with Gasteiger partial charge in [0, 0.05) is 36.8 Å². The van der Waals surface area contributed by atoms with Crippen LogP contribution in [0, 0.1) is 5.82 Å². The molecule has 1 amide bonds. The van der Waals surface area contributed by atoms with Gasteiger partial charge in [-0.3, -0.25) is 9.48 Å². The number of carbonyl (C=O) groups excluding carboxylic acids is 1. The van der Waals surface area contributed by atoms with E-state index in [1.165, 1.54) is 12.1 Å². The first-order valence-electron chi connectivity index (χ1n) is 9.03. The third kappa shape index (κ3) is 2.53. The van der Waals surface area contributed by atoms with Crippen LogP contribution in [0.1, 0.15) is 40.6 Å². The van der Waals surface area contributed by atoms with Crippen molar-refractivity contribution in [3.63, 3.8) is 0 Å². The lowest BCUT2D eigenvalue weighted by molar-refractivity contribution is 0.0632. The minimum Gasteiger partial charge on any atom is -0.327 e. The fourth-order valence-corrected chi connectivity index (χ4v) is 4.30. The molecule has 1 aromatic carbocycles. The molecule has 2 atom stereocenters. The summed E-state index contributed by atoms with van der Waals surface area (Å²) in [6, 6.07) is 8.10. The Bertz CT molecular complexity index is 1030. The Morgan fingerprint density at radius 3 is 2.85 bits per heavy atom. The Kier molecular flexibility index (Phi) is 3.56. The van der Waals surface area contributed by atoms with Gasteiger partial charge in [0.15, 0.2) is 0 Å². The van der Waals surface area contributed by atoms with E-state index in [0.29, 0.717) is 11.4 Å². The van der Waals surface area contributed by atoms with Gasteiger partial charge in [-0.15, -0.1) is 0 Å². The van der Waals surface area contributed by atoms with Crippen LogP contribution in [-0.2, 0) is 13.5 Å². The van der Waals surface area contributed by atoms with Crippen LogP contribution in [0.15, 0.2) is 42.9 Å². The van der Waals surface area contributed by atoms with E-state index in [1.54, 1.807) is 36.3 Å². The number of hydrogen-bond acceptors (Lipinski definition) is 4. The second-order valence-electron chi connectivity index (χ2n) is 7.13. The Morgan fingerprint density at radius 2 is 2.04 bits per heavy atom. The maximum absolute atomic E-state index is 13.4. The van der Waals surface area contributed by atoms with Gasteiger partial charge in [-0.05, 0) is 43.2 Å². The maximum Gasteiger partial charge on any atom is 0.272 e. The van der Waals surface area contributed by atoms with Crippen LogP contribution < -0.4 is 0 Å². The molecule has 2 aliphatic rings. The van der Waals surface area contributed by atoms with Crippen LogP contribution in [0.4, 0.5) is 4.39 Å². The minimum absolute atomic E-state index is 0.0246. The zero-order valence-electron chi connectivity index (χ0n) is 14.8. The average Bonchev–Trinajstić information content (AvgIpc) is 3.21. The van der Waals surface area contributed by atoms with Gasteiger partial charge in [-0.2, -0.15) is 5.10 Å². The number of halogens is 1. The third-order valence-corrected chi connectivity index (χ3v) is 5.59. The van der Waals surface area contributed by atoms with Gasteiger partial charge >= 0.3 is 0 Å². The molecule has 2 bridgehead atoms. The smallest absolute Gasteiger partial charge is 0.272 e. The van der Waals surface area contributed by atoms with E-state index in [4.69, 9.17) is 0 Å². The lowest BCUT2D eigenvalue weighted by Crippen LogP contribution is -2.42. The molecular weight excluding hydrogens is 345 g/mol. The Labute approximate surface area is 155 Å². The van der Waals surface area contributed by atoms with Crippen LogP contribution in [-0.4, -0.2) is 36.6 Å². The number of aryl methyl sites for hydroxylation is 1. The van der Waals surface area contributed by atoms with Gasteiger partial charge in [0.05, 0.1) is 17.4 Å². The molecule has 4 heterocycles. The molecule has 6 nitrogen and oxygen atoms in total. The van der Waals surface area contributed by atoms with Crippen molar-refractivity contribution in [2.75, 3.05) is 0 Å². The number of nitrogens with zero attached hydrogens (tertiary/aromatic N) is 5. The Hall–Kier alpha value is -3.09. The van der Waals surface area contributed by atoms with Crippen LogP contribution in [0.2, 0.25) is 0 Å². The second-order valence-corrected chi connectivity index (χ2v) is 7.13. The first-order chi connectivity index (χ1) is 13.1. The van der Waals surface area contributed by atoms with Gasteiger partial charge in [0.2, 0.25) is 0 Å². The Balaban J connectivity index is 1.49. The first kappa shape index (κ1) is 16.1. The SMILES string of the molecule is Cn1nc(-c2ccc(F)cc2)cc1C(=O)N1C2CCC1c1cncnc1C2. The average molecular weight is 363 g/mol. The topological polar surface area (TPSA) is 63.9 Å². The summed E-state index contributed by atoms with van der Waals surface area (Å²) in [5.41, 5.74) is 4.09. The molecule has 7 heteroatoms. The van der Waals surface area contributed by atoms with E-state index in [0.717, 1.165) is 36.1 Å². The molecule has 0 N–H and O–H groups in total. The zero-order valence-corrected chi connectivity index (χ0v) is 14.8. The molecule has 1 saturated heterocycles. The number of carbonyl (C=O) groups is 1. The summed E-state index contributed by atoms with van der Waals surface area (Å²) in [6.45, 7) is 0. The molecule has 1 fully saturated rings. The highest BCUT2D eigenvalue weighted by atomic mass is 19.1. The minimum atomic E-state index is -0.295. The molecule has 5 rings (SSSR count). The lowest BCUT2D eigenvalue weighted by Gasteiger charge is -2.35. The highest BCUT2D eigenvalue weighted by molar-refractivity contribution is 5.94.